The lowest BCUT2D eigenvalue weighted by atomic mass is 10.4. The summed E-state index contributed by atoms with van der Waals surface area (Å²) in [6.07, 6.45) is 1.79. The molecule has 0 radical (unpaired) electrons. The molecule has 0 unspecified atom stereocenters. The molecule has 0 spiro atoms. The second kappa shape index (κ2) is 9.69. The number of nitro groups is 2. The lowest BCUT2D eigenvalue weighted by molar-refractivity contribution is -0.392. The van der Waals surface area contributed by atoms with Gasteiger partial charge in [-0.2, -0.15) is 21.5 Å². The average molecular weight is 470 g/mol. The van der Waals surface area contributed by atoms with E-state index in [1.165, 1.54) is 18.8 Å². The van der Waals surface area contributed by atoms with E-state index in [0.29, 0.717) is 5.69 Å². The van der Waals surface area contributed by atoms with Gasteiger partial charge in [0.1, 0.15) is 26.0 Å². The van der Waals surface area contributed by atoms with Crippen molar-refractivity contribution in [1.82, 2.24) is 19.6 Å². The van der Waals surface area contributed by atoms with E-state index in [9.17, 15) is 37.1 Å². The number of aromatic nitrogens is 4. The zero-order valence-corrected chi connectivity index (χ0v) is 17.8. The maximum absolute atomic E-state index is 10.7. The third-order valence-electron chi connectivity index (χ3n) is 3.09. The average Bonchev–Trinajstić information content (AvgIpc) is 3.13. The van der Waals surface area contributed by atoms with Gasteiger partial charge < -0.3 is 20.2 Å². The summed E-state index contributed by atoms with van der Waals surface area (Å²) in [6, 6.07) is 2.32. The number of hydrogen-bond acceptors (Lipinski definition) is 12. The normalized spacial score (nSPS) is 11.6. The molecule has 0 aliphatic heterocycles. The highest BCUT2D eigenvalue weighted by Gasteiger charge is 2.17. The van der Waals surface area contributed by atoms with E-state index in [4.69, 9.17) is 0 Å². The van der Waals surface area contributed by atoms with Crippen LogP contribution in [0.5, 0.6) is 0 Å². The zero-order chi connectivity index (χ0) is 23.3. The van der Waals surface area contributed by atoms with Crippen molar-refractivity contribution in [2.75, 3.05) is 12.5 Å². The summed E-state index contributed by atoms with van der Waals surface area (Å²) in [5, 5.41) is 28.0. The van der Waals surface area contributed by atoms with Gasteiger partial charge in [-0.25, -0.2) is 0 Å². The van der Waals surface area contributed by atoms with Crippen molar-refractivity contribution < 1.29 is 35.0 Å². The standard InChI is InChI=1S/2C6H9N3O5S/c1-8-5(4-14-15(2,12)13)3-6(7-8)9(10)11;1-8-6(9(10)11)3-5(7-8)4-14-15(2,12)13/h2*3H,4H2,1-2H3. The summed E-state index contributed by atoms with van der Waals surface area (Å²) >= 11 is 0. The lowest BCUT2D eigenvalue weighted by Crippen LogP contribution is -2.06. The molecule has 0 aliphatic carbocycles. The second-order valence-electron chi connectivity index (χ2n) is 5.68. The van der Waals surface area contributed by atoms with Crippen LogP contribution in [0.1, 0.15) is 11.4 Å². The Labute approximate surface area is 170 Å². The second-order valence-corrected chi connectivity index (χ2v) is 8.97. The van der Waals surface area contributed by atoms with Crippen LogP contribution in [-0.2, 0) is 55.9 Å². The van der Waals surface area contributed by atoms with Gasteiger partial charge in [-0.3, -0.25) is 8.37 Å². The highest BCUT2D eigenvalue weighted by atomic mass is 32.2. The van der Waals surface area contributed by atoms with Crippen LogP contribution >= 0.6 is 0 Å². The minimum atomic E-state index is -3.57. The molecule has 0 aliphatic rings. The van der Waals surface area contributed by atoms with Crippen LogP contribution in [0, 0.1) is 20.2 Å². The molecule has 168 valence electrons. The van der Waals surface area contributed by atoms with Gasteiger partial charge in [0.05, 0.1) is 42.5 Å². The number of hydrogen-bond donors (Lipinski definition) is 0. The Morgan fingerprint density at radius 3 is 1.83 bits per heavy atom. The van der Waals surface area contributed by atoms with Crippen LogP contribution in [-0.4, -0.2) is 58.8 Å². The van der Waals surface area contributed by atoms with Crippen LogP contribution in [0.3, 0.4) is 0 Å². The van der Waals surface area contributed by atoms with Crippen LogP contribution in [0.25, 0.3) is 0 Å². The van der Waals surface area contributed by atoms with Crippen LogP contribution < -0.4 is 0 Å². The lowest BCUT2D eigenvalue weighted by Gasteiger charge is -1.98. The highest BCUT2D eigenvalue weighted by molar-refractivity contribution is 7.86. The van der Waals surface area contributed by atoms with Gasteiger partial charge >= 0.3 is 11.6 Å². The molecule has 16 nitrogen and oxygen atoms in total. The van der Waals surface area contributed by atoms with E-state index in [1.54, 1.807) is 0 Å². The SMILES string of the molecule is Cn1nc(COS(C)(=O)=O)cc1[N+](=O)[O-].Cn1nc([N+](=O)[O-])cc1COS(C)(=O)=O. The summed E-state index contributed by atoms with van der Waals surface area (Å²) in [6.45, 7) is -0.573. The summed E-state index contributed by atoms with van der Waals surface area (Å²) in [5.41, 5.74) is 0.502. The van der Waals surface area contributed by atoms with Gasteiger partial charge in [0.15, 0.2) is 0 Å². The highest BCUT2D eigenvalue weighted by Crippen LogP contribution is 2.13. The van der Waals surface area contributed by atoms with Crippen molar-refractivity contribution in [1.29, 1.82) is 0 Å². The van der Waals surface area contributed by atoms with E-state index >= 15 is 0 Å². The van der Waals surface area contributed by atoms with Crippen molar-refractivity contribution in [3.63, 3.8) is 0 Å². The van der Waals surface area contributed by atoms with Crippen LogP contribution in [0.2, 0.25) is 0 Å². The first kappa shape index (κ1) is 25.1. The maximum atomic E-state index is 10.7. The number of rotatable bonds is 8. The summed E-state index contributed by atoms with van der Waals surface area (Å²) < 4.78 is 53.8. The van der Waals surface area contributed by atoms with Crippen LogP contribution in [0.4, 0.5) is 11.6 Å². The third kappa shape index (κ3) is 8.59. The Balaban J connectivity index is 0.000000300. The molecule has 0 bridgehead atoms. The summed E-state index contributed by atoms with van der Waals surface area (Å²) in [4.78, 5) is 19.5. The molecule has 0 aromatic carbocycles. The number of aryl methyl sites for hydroxylation is 2. The third-order valence-corrected chi connectivity index (χ3v) is 4.18. The zero-order valence-electron chi connectivity index (χ0n) is 16.2. The quantitative estimate of drug-likeness (QED) is 0.274. The van der Waals surface area contributed by atoms with Gasteiger partial charge in [0.25, 0.3) is 20.2 Å². The van der Waals surface area contributed by atoms with Crippen molar-refractivity contribution in [2.45, 2.75) is 13.2 Å². The Kier molecular flexibility index (Phi) is 8.10. The first-order valence-electron chi connectivity index (χ1n) is 7.62. The van der Waals surface area contributed by atoms with Crippen molar-refractivity contribution in [3.05, 3.63) is 43.7 Å². The van der Waals surface area contributed by atoms with E-state index in [0.717, 1.165) is 29.3 Å². The molecule has 30 heavy (non-hydrogen) atoms. The van der Waals surface area contributed by atoms with Crippen molar-refractivity contribution in [3.8, 4) is 0 Å². The van der Waals surface area contributed by atoms with Gasteiger partial charge in [-0.1, -0.05) is 5.10 Å². The fourth-order valence-electron chi connectivity index (χ4n) is 1.80. The Bertz CT molecular complexity index is 1130. The van der Waals surface area contributed by atoms with Gasteiger partial charge in [0, 0.05) is 0 Å². The minimum Gasteiger partial charge on any atom is -0.358 e. The molecular weight excluding hydrogens is 452 g/mol. The molecule has 2 rings (SSSR count). The molecule has 0 saturated carbocycles. The summed E-state index contributed by atoms with van der Waals surface area (Å²) in [7, 11) is -4.27. The maximum Gasteiger partial charge on any atom is 0.390 e. The predicted octanol–water partition coefficient (Wildman–Crippen LogP) is -0.391. The van der Waals surface area contributed by atoms with E-state index < -0.39 is 30.1 Å². The molecule has 18 heteroatoms. The van der Waals surface area contributed by atoms with Gasteiger partial charge in [-0.15, -0.1) is 4.68 Å². The van der Waals surface area contributed by atoms with E-state index in [-0.39, 0.29) is 30.5 Å². The monoisotopic (exact) mass is 470 g/mol. The first-order chi connectivity index (χ1) is 13.6. The topological polar surface area (TPSA) is 209 Å². The Hall–Kier alpha value is -2.96. The van der Waals surface area contributed by atoms with Gasteiger partial charge in [0.2, 0.25) is 0 Å². The molecule has 2 heterocycles. The molecule has 0 atom stereocenters. The van der Waals surface area contributed by atoms with Crippen molar-refractivity contribution >= 4 is 31.9 Å². The first-order valence-corrected chi connectivity index (χ1v) is 11.3. The molecule has 0 saturated heterocycles. The van der Waals surface area contributed by atoms with Gasteiger partial charge in [-0.05, 0) is 9.85 Å². The van der Waals surface area contributed by atoms with Crippen LogP contribution in [0.15, 0.2) is 12.1 Å². The number of nitrogens with zero attached hydrogens (tertiary/aromatic N) is 6. The molecule has 0 amide bonds. The smallest absolute Gasteiger partial charge is 0.358 e. The predicted molar refractivity (Wildman–Crippen MR) is 99.0 cm³/mol. The van der Waals surface area contributed by atoms with E-state index in [2.05, 4.69) is 18.6 Å². The van der Waals surface area contributed by atoms with E-state index in [1.807, 2.05) is 0 Å². The largest absolute Gasteiger partial charge is 0.390 e. The molecule has 0 N–H and O–H groups in total. The molecule has 0 fully saturated rings. The minimum absolute atomic E-state index is 0.189. The Morgan fingerprint density at radius 2 is 1.43 bits per heavy atom. The Morgan fingerprint density at radius 1 is 0.900 bits per heavy atom. The fraction of sp³-hybridized carbons (Fsp3) is 0.500. The van der Waals surface area contributed by atoms with Crippen molar-refractivity contribution in [2.24, 2.45) is 14.1 Å². The molecular formula is C12H18N6O10S2. The molecule has 2 aromatic heterocycles. The fourth-order valence-corrected chi connectivity index (χ4v) is 2.47. The molecule has 2 aromatic rings. The summed E-state index contributed by atoms with van der Waals surface area (Å²) in [5.74, 6) is -0.563.